The maximum absolute atomic E-state index is 6.51. The van der Waals surface area contributed by atoms with E-state index in [-0.39, 0.29) is 16.4 Å². The molecule has 1 rings (SSSR count). The van der Waals surface area contributed by atoms with Gasteiger partial charge >= 0.3 is 0 Å². The second-order valence-electron chi connectivity index (χ2n) is 8.62. The van der Waals surface area contributed by atoms with Crippen molar-refractivity contribution in [3.63, 3.8) is 0 Å². The standard InChI is InChI=1S/C19H38O3/c1-17(2,3)19(13-20-6,14-21-7)15-22-18(4,5)16-11-9-8-10-12-16/h16H,8-15H2,1-7H3. The second-order valence-corrected chi connectivity index (χ2v) is 8.62. The van der Waals surface area contributed by atoms with Gasteiger partial charge in [0.15, 0.2) is 0 Å². The highest BCUT2D eigenvalue weighted by molar-refractivity contribution is 4.92. The molecule has 0 atom stereocenters. The lowest BCUT2D eigenvalue weighted by Crippen LogP contribution is -2.50. The van der Waals surface area contributed by atoms with Crippen molar-refractivity contribution in [2.45, 2.75) is 72.3 Å². The molecular weight excluding hydrogens is 276 g/mol. The third-order valence-electron chi connectivity index (χ3n) is 5.74. The molecule has 0 unspecified atom stereocenters. The summed E-state index contributed by atoms with van der Waals surface area (Å²) in [4.78, 5) is 0. The van der Waals surface area contributed by atoms with Crippen LogP contribution in [0.4, 0.5) is 0 Å². The molecule has 0 aromatic carbocycles. The Morgan fingerprint density at radius 3 is 1.68 bits per heavy atom. The number of hydrogen-bond donors (Lipinski definition) is 0. The summed E-state index contributed by atoms with van der Waals surface area (Å²) in [6.45, 7) is 13.3. The van der Waals surface area contributed by atoms with Crippen LogP contribution in [0.25, 0.3) is 0 Å². The monoisotopic (exact) mass is 314 g/mol. The van der Waals surface area contributed by atoms with Crippen LogP contribution in [0.3, 0.4) is 0 Å². The third-order valence-corrected chi connectivity index (χ3v) is 5.74. The SMILES string of the molecule is COCC(COC)(COC(C)(C)C1CCCCC1)C(C)(C)C. The molecule has 3 heteroatoms. The van der Waals surface area contributed by atoms with Crippen molar-refractivity contribution < 1.29 is 14.2 Å². The molecule has 1 saturated carbocycles. The first-order chi connectivity index (χ1) is 10.2. The van der Waals surface area contributed by atoms with Crippen LogP contribution >= 0.6 is 0 Å². The first-order valence-electron chi connectivity index (χ1n) is 8.80. The quantitative estimate of drug-likeness (QED) is 0.650. The molecule has 0 amide bonds. The Kier molecular flexibility index (Phi) is 7.35. The molecule has 0 aliphatic heterocycles. The van der Waals surface area contributed by atoms with E-state index in [0.717, 1.165) is 0 Å². The number of hydrogen-bond acceptors (Lipinski definition) is 3. The molecule has 132 valence electrons. The zero-order valence-corrected chi connectivity index (χ0v) is 16.0. The molecule has 0 saturated heterocycles. The van der Waals surface area contributed by atoms with E-state index < -0.39 is 0 Å². The van der Waals surface area contributed by atoms with Crippen LogP contribution in [0, 0.1) is 16.7 Å². The van der Waals surface area contributed by atoms with E-state index in [1.807, 2.05) is 0 Å². The van der Waals surface area contributed by atoms with E-state index in [2.05, 4.69) is 34.6 Å². The Morgan fingerprint density at radius 1 is 0.773 bits per heavy atom. The van der Waals surface area contributed by atoms with Crippen LogP contribution in [-0.2, 0) is 14.2 Å². The highest BCUT2D eigenvalue weighted by Crippen LogP contribution is 2.42. The van der Waals surface area contributed by atoms with Gasteiger partial charge < -0.3 is 14.2 Å². The second kappa shape index (κ2) is 8.12. The van der Waals surface area contributed by atoms with Crippen molar-refractivity contribution in [3.05, 3.63) is 0 Å². The molecule has 0 spiro atoms. The fourth-order valence-electron chi connectivity index (χ4n) is 3.57. The zero-order chi connectivity index (χ0) is 16.9. The molecular formula is C19H38O3. The van der Waals surface area contributed by atoms with E-state index in [4.69, 9.17) is 14.2 Å². The predicted molar refractivity (Wildman–Crippen MR) is 92.2 cm³/mol. The van der Waals surface area contributed by atoms with Gasteiger partial charge in [0, 0.05) is 19.6 Å². The summed E-state index contributed by atoms with van der Waals surface area (Å²) in [6.07, 6.45) is 6.66. The van der Waals surface area contributed by atoms with Gasteiger partial charge in [0.1, 0.15) is 0 Å². The Bertz CT molecular complexity index is 305. The molecule has 0 radical (unpaired) electrons. The van der Waals surface area contributed by atoms with Gasteiger partial charge in [-0.2, -0.15) is 0 Å². The first kappa shape index (κ1) is 19.9. The van der Waals surface area contributed by atoms with Crippen molar-refractivity contribution >= 4 is 0 Å². The Balaban J connectivity index is 2.80. The molecule has 3 nitrogen and oxygen atoms in total. The zero-order valence-electron chi connectivity index (χ0n) is 16.0. The van der Waals surface area contributed by atoms with Crippen LogP contribution in [0.15, 0.2) is 0 Å². The van der Waals surface area contributed by atoms with Gasteiger partial charge in [0.25, 0.3) is 0 Å². The highest BCUT2D eigenvalue weighted by Gasteiger charge is 2.44. The van der Waals surface area contributed by atoms with E-state index in [1.165, 1.54) is 32.1 Å². The lowest BCUT2D eigenvalue weighted by molar-refractivity contribution is -0.160. The molecule has 0 aromatic heterocycles. The van der Waals surface area contributed by atoms with Crippen LogP contribution in [-0.4, -0.2) is 39.6 Å². The number of ether oxygens (including phenoxy) is 3. The largest absolute Gasteiger partial charge is 0.384 e. The predicted octanol–water partition coefficient (Wildman–Crippen LogP) is 4.69. The summed E-state index contributed by atoms with van der Waals surface area (Å²) < 4.78 is 17.6. The Hall–Kier alpha value is -0.120. The van der Waals surface area contributed by atoms with Gasteiger partial charge in [-0.3, -0.25) is 0 Å². The Labute approximate surface area is 138 Å². The summed E-state index contributed by atoms with van der Waals surface area (Å²) in [5.74, 6) is 0.670. The normalized spacial score (nSPS) is 18.7. The van der Waals surface area contributed by atoms with E-state index in [1.54, 1.807) is 14.2 Å². The molecule has 1 fully saturated rings. The van der Waals surface area contributed by atoms with Gasteiger partial charge in [-0.1, -0.05) is 40.0 Å². The minimum Gasteiger partial charge on any atom is -0.384 e. The topological polar surface area (TPSA) is 27.7 Å². The van der Waals surface area contributed by atoms with Crippen molar-refractivity contribution in [1.82, 2.24) is 0 Å². The lowest BCUT2D eigenvalue weighted by atomic mass is 9.67. The van der Waals surface area contributed by atoms with Crippen LogP contribution in [0.2, 0.25) is 0 Å². The van der Waals surface area contributed by atoms with Gasteiger partial charge in [-0.15, -0.1) is 0 Å². The molecule has 0 bridgehead atoms. The summed E-state index contributed by atoms with van der Waals surface area (Å²) in [7, 11) is 3.53. The van der Waals surface area contributed by atoms with Crippen molar-refractivity contribution in [1.29, 1.82) is 0 Å². The highest BCUT2D eigenvalue weighted by atomic mass is 16.5. The fraction of sp³-hybridized carbons (Fsp3) is 1.00. The minimum absolute atomic E-state index is 0.0572. The van der Waals surface area contributed by atoms with E-state index >= 15 is 0 Å². The maximum Gasteiger partial charge on any atom is 0.0654 e. The Morgan fingerprint density at radius 2 is 1.27 bits per heavy atom. The molecule has 0 N–H and O–H groups in total. The molecule has 0 heterocycles. The van der Waals surface area contributed by atoms with Gasteiger partial charge in [0.2, 0.25) is 0 Å². The van der Waals surface area contributed by atoms with Gasteiger partial charge in [-0.05, 0) is 38.0 Å². The molecule has 0 aromatic rings. The number of rotatable bonds is 8. The molecule has 1 aliphatic rings. The summed E-state index contributed by atoms with van der Waals surface area (Å²) >= 11 is 0. The van der Waals surface area contributed by atoms with Gasteiger partial charge in [0.05, 0.1) is 25.4 Å². The minimum atomic E-state index is -0.123. The van der Waals surface area contributed by atoms with Crippen LogP contribution in [0.1, 0.15) is 66.7 Å². The maximum atomic E-state index is 6.51. The summed E-state index contributed by atoms with van der Waals surface area (Å²) in [5.41, 5.74) is -0.136. The summed E-state index contributed by atoms with van der Waals surface area (Å²) in [5, 5.41) is 0. The van der Waals surface area contributed by atoms with E-state index in [9.17, 15) is 0 Å². The smallest absolute Gasteiger partial charge is 0.0654 e. The van der Waals surface area contributed by atoms with Crippen LogP contribution in [0.5, 0.6) is 0 Å². The molecule has 22 heavy (non-hydrogen) atoms. The van der Waals surface area contributed by atoms with Crippen molar-refractivity contribution in [3.8, 4) is 0 Å². The third kappa shape index (κ3) is 4.94. The number of methoxy groups -OCH3 is 2. The van der Waals surface area contributed by atoms with Crippen LogP contribution < -0.4 is 0 Å². The summed E-state index contributed by atoms with van der Waals surface area (Å²) in [6, 6.07) is 0. The van der Waals surface area contributed by atoms with Gasteiger partial charge in [-0.25, -0.2) is 0 Å². The average Bonchev–Trinajstić information content (AvgIpc) is 2.45. The lowest BCUT2D eigenvalue weighted by Gasteiger charge is -2.46. The fourth-order valence-corrected chi connectivity index (χ4v) is 3.57. The first-order valence-corrected chi connectivity index (χ1v) is 8.80. The molecule has 1 aliphatic carbocycles. The average molecular weight is 315 g/mol. The van der Waals surface area contributed by atoms with Crippen molar-refractivity contribution in [2.24, 2.45) is 16.7 Å². The van der Waals surface area contributed by atoms with E-state index in [0.29, 0.717) is 25.7 Å². The van der Waals surface area contributed by atoms with Crippen molar-refractivity contribution in [2.75, 3.05) is 34.0 Å².